The maximum atomic E-state index is 13.0. The average molecular weight is 1610 g/mol. The Hall–Kier alpha value is -1.56. The first-order chi connectivity index (χ1) is 47.4. The predicted octanol–water partition coefficient (Wildman–Crippen LogP) is 16.9. The van der Waals surface area contributed by atoms with E-state index in [4.69, 9.17) is 20.0 Å². The van der Waals surface area contributed by atoms with Gasteiger partial charge >= 0.3 is 438 Å². The molecule has 2 aromatic carbocycles. The number of hydrogen-bond acceptors (Lipinski definition) is 12. The van der Waals surface area contributed by atoms with Gasteiger partial charge in [0.2, 0.25) is 0 Å². The minimum atomic E-state index is -2.45. The molecule has 0 N–H and O–H groups in total. The van der Waals surface area contributed by atoms with Crippen LogP contribution in [-0.2, 0) is 38.9 Å². The summed E-state index contributed by atoms with van der Waals surface area (Å²) in [6.07, 6.45) is 23.3. The monoisotopic (exact) mass is 1610 g/mol. The van der Waals surface area contributed by atoms with Crippen molar-refractivity contribution in [3.05, 3.63) is 59.7 Å². The van der Waals surface area contributed by atoms with E-state index in [1.165, 1.54) is 190 Å². The third kappa shape index (κ3) is 30.5. The standard InChI is InChI=1S/2C18H23FNO2.2C8H20N.6C4H9.C2H6.2CH4O3.2Sn/c2*1-22-18(21)17-15(13-6-3-2-4-7-13)12-14-8-9-16(17)20(14)11-5-10-19;2*1-5-9(6-2,7-3)8-4;6*1-3-4-2;1-2;2*1-3-4-2;;/h2*3-4,6-7,14-17H,5,8-12H2,1H3;2*5-8H2,1-4H3;6*1,3-4H2,2H3;1-2H3;2*2H,1H3;;/q;;2*+1;;;;;;;;;;;/p-2. The molecule has 18 heteroatoms. The number of halogens is 2. The average Bonchev–Trinajstić information content (AvgIpc) is 1.54. The SMILES string of the molecule is CC.CCC[CH2][Sn]([CH2]CCC)([CH2]CCC)[c]1ccc(C2CC3CCC(C2C(=O)OC)N3CCCF)cc1.CCC[CH2][Sn]([CH2]CCC)([CH2]CCC)[c]1ccc(C2CC3CCC(C2C(=O)OC)N3CCCF)cc1.CC[N+](CC)(CC)CC.CC[N+](CC)(CC)CC.COO[O-].COO[O-]. The number of unbranched alkanes of at least 4 members (excludes halogenated alkanes) is 6. The van der Waals surface area contributed by atoms with E-state index in [1.54, 1.807) is 7.16 Å². The fourth-order valence-corrected chi connectivity index (χ4v) is 48.8. The molecule has 4 heterocycles. The quantitative estimate of drug-likeness (QED) is 0.0206. The Labute approximate surface area is 609 Å². The van der Waals surface area contributed by atoms with Gasteiger partial charge in [-0.3, -0.25) is 10.1 Å². The molecule has 4 saturated heterocycles. The second kappa shape index (κ2) is 56.8. The Balaban J connectivity index is 0.00000139. The van der Waals surface area contributed by atoms with Gasteiger partial charge in [-0.25, -0.2) is 9.78 Å². The number of carbonyl (C=O) groups is 2. The predicted molar refractivity (Wildman–Crippen MR) is 408 cm³/mol. The van der Waals surface area contributed by atoms with Crippen molar-refractivity contribution < 1.29 is 67.2 Å². The molecular formula is C80H152F2N4O10Sn2. The van der Waals surface area contributed by atoms with Crippen LogP contribution in [0.1, 0.15) is 262 Å². The molecule has 0 saturated carbocycles. The molecule has 4 aliphatic rings. The zero-order valence-corrected chi connectivity index (χ0v) is 72.4. The number of hydrogen-bond donors (Lipinski definition) is 0. The van der Waals surface area contributed by atoms with E-state index in [9.17, 15) is 18.4 Å². The van der Waals surface area contributed by atoms with Crippen LogP contribution < -0.4 is 17.7 Å². The molecule has 4 fully saturated rings. The Bertz CT molecular complexity index is 2000. The normalized spacial score (nSPS) is 20.4. The van der Waals surface area contributed by atoms with Gasteiger partial charge in [0.05, 0.1) is 66.6 Å². The van der Waals surface area contributed by atoms with Crippen LogP contribution in [0, 0.1) is 11.8 Å². The van der Waals surface area contributed by atoms with Crippen molar-refractivity contribution in [2.45, 2.75) is 302 Å². The van der Waals surface area contributed by atoms with Crippen molar-refractivity contribution in [3.8, 4) is 0 Å². The number of nitrogens with zero attached hydrogens (tertiary/aromatic N) is 4. The summed E-state index contributed by atoms with van der Waals surface area (Å²) in [4.78, 5) is 37.9. The van der Waals surface area contributed by atoms with Crippen molar-refractivity contribution in [1.82, 2.24) is 9.80 Å². The van der Waals surface area contributed by atoms with Crippen LogP contribution in [0.4, 0.5) is 8.78 Å². The van der Waals surface area contributed by atoms with Gasteiger partial charge in [-0.1, -0.05) is 13.8 Å². The Morgan fingerprint density at radius 2 is 0.673 bits per heavy atom. The fraction of sp³-hybridized carbons (Fsp3) is 0.825. The van der Waals surface area contributed by atoms with Crippen molar-refractivity contribution >= 4 is 55.9 Å². The molecule has 4 bridgehead atoms. The van der Waals surface area contributed by atoms with E-state index in [0.717, 1.165) is 65.8 Å². The van der Waals surface area contributed by atoms with E-state index in [1.807, 2.05) is 13.8 Å². The second-order valence-corrected chi connectivity index (χ2v) is 54.5. The van der Waals surface area contributed by atoms with Gasteiger partial charge in [-0.15, -0.1) is 0 Å². The maximum absolute atomic E-state index is 13.0. The molecule has 0 radical (unpaired) electrons. The van der Waals surface area contributed by atoms with E-state index in [2.05, 4.69) is 175 Å². The van der Waals surface area contributed by atoms with Gasteiger partial charge in [0, 0.05) is 0 Å². The number of carbonyl (C=O) groups excluding carboxylic acids is 2. The van der Waals surface area contributed by atoms with Crippen LogP contribution in [0.15, 0.2) is 48.5 Å². The molecule has 0 spiro atoms. The van der Waals surface area contributed by atoms with E-state index in [0.29, 0.717) is 24.9 Å². The molecule has 8 unspecified atom stereocenters. The topological polar surface area (TPSA) is 142 Å². The zero-order chi connectivity index (χ0) is 74.0. The number of quaternary nitrogens is 2. The summed E-state index contributed by atoms with van der Waals surface area (Å²) in [6.45, 7) is 47.4. The van der Waals surface area contributed by atoms with Crippen LogP contribution in [0.2, 0.25) is 26.6 Å². The van der Waals surface area contributed by atoms with Crippen LogP contribution >= 0.6 is 0 Å². The third-order valence-corrected chi connectivity index (χ3v) is 55.0. The van der Waals surface area contributed by atoms with Gasteiger partial charge in [-0.05, 0) is 55.4 Å². The number of ether oxygens (including phenoxy) is 2. The summed E-state index contributed by atoms with van der Waals surface area (Å²) >= 11 is -4.90. The minimum absolute atomic E-state index is 0.0861. The first-order valence-corrected chi connectivity index (χ1v) is 54.7. The van der Waals surface area contributed by atoms with Gasteiger partial charge in [0.15, 0.2) is 0 Å². The first kappa shape index (κ1) is 96.4. The van der Waals surface area contributed by atoms with Gasteiger partial charge in [-0.2, -0.15) is 0 Å². The fourth-order valence-electron chi connectivity index (χ4n) is 17.0. The number of rotatable bonds is 40. The van der Waals surface area contributed by atoms with Crippen LogP contribution in [0.3, 0.4) is 0 Å². The number of fused-ring (bicyclic) bond motifs is 4. The largest absolute Gasteiger partial charge is 0.692 e. The molecule has 0 aromatic heterocycles. The summed E-state index contributed by atoms with van der Waals surface area (Å²) < 4.78 is 51.4. The number of alkyl halides is 2. The summed E-state index contributed by atoms with van der Waals surface area (Å²) in [5, 5.41) is 22.7. The van der Waals surface area contributed by atoms with Gasteiger partial charge in [0.25, 0.3) is 0 Å². The van der Waals surface area contributed by atoms with Gasteiger partial charge in [0.1, 0.15) is 0 Å². The number of benzene rings is 2. The van der Waals surface area contributed by atoms with Gasteiger partial charge < -0.3 is 19.5 Å². The Morgan fingerprint density at radius 1 is 0.429 bits per heavy atom. The maximum Gasteiger partial charge on any atom is 0.0757 e. The number of esters is 2. The number of methoxy groups -OCH3 is 2. The number of piperidine rings is 2. The molecule has 8 atom stereocenters. The van der Waals surface area contributed by atoms with Crippen molar-refractivity contribution in [2.24, 2.45) is 11.8 Å². The molecule has 14 nitrogen and oxygen atoms in total. The summed E-state index contributed by atoms with van der Waals surface area (Å²) in [5.74, 6) is -0.0334. The molecule has 574 valence electrons. The molecule has 6 rings (SSSR count). The van der Waals surface area contributed by atoms with E-state index in [-0.39, 0.29) is 61.0 Å². The molecule has 4 aliphatic heterocycles. The summed E-state index contributed by atoms with van der Waals surface area (Å²) in [5.41, 5.74) is 2.63. The summed E-state index contributed by atoms with van der Waals surface area (Å²) in [7, 11) is 5.33. The van der Waals surface area contributed by atoms with Crippen molar-refractivity contribution in [2.75, 3.05) is 107 Å². The molecule has 98 heavy (non-hydrogen) atoms. The smallest absolute Gasteiger partial charge is 0.0757 e. The molecular weight excluding hydrogens is 1450 g/mol. The Morgan fingerprint density at radius 3 is 0.857 bits per heavy atom. The van der Waals surface area contributed by atoms with Crippen LogP contribution in [0.25, 0.3) is 0 Å². The van der Waals surface area contributed by atoms with Crippen LogP contribution in [-0.4, -0.2) is 199 Å². The Kier molecular flexibility index (Phi) is 55.9. The summed E-state index contributed by atoms with van der Waals surface area (Å²) in [6, 6.07) is 20.8. The zero-order valence-electron chi connectivity index (χ0n) is 66.7. The van der Waals surface area contributed by atoms with Crippen molar-refractivity contribution in [1.29, 1.82) is 0 Å². The van der Waals surface area contributed by atoms with Crippen molar-refractivity contribution in [3.63, 3.8) is 0 Å². The van der Waals surface area contributed by atoms with Crippen LogP contribution in [0.5, 0.6) is 0 Å². The molecule has 2 aromatic rings. The molecule has 0 amide bonds. The second-order valence-electron chi connectivity index (χ2n) is 28.0. The third-order valence-electron chi connectivity index (χ3n) is 23.6. The van der Waals surface area contributed by atoms with E-state index < -0.39 is 36.8 Å². The minimum Gasteiger partial charge on any atom is -0.692 e. The molecule has 0 aliphatic carbocycles. The first-order valence-electron chi connectivity index (χ1n) is 39.8. The van der Waals surface area contributed by atoms with E-state index >= 15 is 0 Å².